The molecule has 0 aliphatic rings. The third kappa shape index (κ3) is 4.60. The van der Waals surface area contributed by atoms with E-state index in [4.69, 9.17) is 23.8 Å². The fourth-order valence-electron chi connectivity index (χ4n) is 7.08. The molecule has 10 aromatic rings. The van der Waals surface area contributed by atoms with E-state index in [1.165, 1.54) is 0 Å². The van der Waals surface area contributed by atoms with Crippen LogP contribution in [0.1, 0.15) is 0 Å². The summed E-state index contributed by atoms with van der Waals surface area (Å²) in [5.41, 5.74) is 10.5. The van der Waals surface area contributed by atoms with Gasteiger partial charge in [0.05, 0.1) is 0 Å². The quantitative estimate of drug-likeness (QED) is 0.187. The lowest BCUT2D eigenvalue weighted by Gasteiger charge is -2.09. The normalized spacial score (nSPS) is 11.6. The lowest BCUT2D eigenvalue weighted by atomic mass is 9.94. The monoisotopic (exact) mass is 641 g/mol. The summed E-state index contributed by atoms with van der Waals surface area (Å²) in [5, 5.41) is 4.15. The average molecular weight is 642 g/mol. The summed E-state index contributed by atoms with van der Waals surface area (Å²) in [6.45, 7) is 0. The van der Waals surface area contributed by atoms with Crippen LogP contribution in [0, 0.1) is 0 Å². The number of hydrogen-bond donors (Lipinski definition) is 0. The van der Waals surface area contributed by atoms with Crippen molar-refractivity contribution in [3.8, 4) is 56.4 Å². The van der Waals surface area contributed by atoms with Crippen molar-refractivity contribution in [3.63, 3.8) is 0 Å². The Bertz CT molecular complexity index is 2800. The Morgan fingerprint density at radius 1 is 0.300 bits per heavy atom. The average Bonchev–Trinajstić information content (AvgIpc) is 3.77. The highest BCUT2D eigenvalue weighted by molar-refractivity contribution is 6.19. The van der Waals surface area contributed by atoms with E-state index in [-0.39, 0.29) is 0 Å². The van der Waals surface area contributed by atoms with Crippen molar-refractivity contribution in [1.29, 1.82) is 0 Å². The molecule has 0 aliphatic heterocycles. The molecule has 3 aromatic heterocycles. The molecular formula is C45H27N3O2. The molecule has 10 rings (SSSR count). The summed E-state index contributed by atoms with van der Waals surface area (Å²) in [6.07, 6.45) is 0. The van der Waals surface area contributed by atoms with Gasteiger partial charge >= 0.3 is 0 Å². The van der Waals surface area contributed by atoms with Gasteiger partial charge in [0.15, 0.2) is 17.5 Å². The van der Waals surface area contributed by atoms with Gasteiger partial charge in [0.2, 0.25) is 0 Å². The van der Waals surface area contributed by atoms with Crippen LogP contribution in [-0.2, 0) is 0 Å². The van der Waals surface area contributed by atoms with Crippen LogP contribution in [0.5, 0.6) is 0 Å². The first kappa shape index (κ1) is 28.2. The van der Waals surface area contributed by atoms with Crippen molar-refractivity contribution >= 4 is 43.9 Å². The number of hydrogen-bond acceptors (Lipinski definition) is 5. The van der Waals surface area contributed by atoms with E-state index in [1.807, 2.05) is 91.0 Å². The minimum Gasteiger partial charge on any atom is -0.456 e. The molecule has 0 amide bonds. The van der Waals surface area contributed by atoms with Crippen LogP contribution in [0.2, 0.25) is 0 Å². The Balaban J connectivity index is 1.21. The first-order chi connectivity index (χ1) is 24.8. The zero-order valence-corrected chi connectivity index (χ0v) is 26.7. The molecule has 0 radical (unpaired) electrons. The molecule has 234 valence electrons. The van der Waals surface area contributed by atoms with Gasteiger partial charge < -0.3 is 8.83 Å². The van der Waals surface area contributed by atoms with Crippen molar-refractivity contribution in [2.75, 3.05) is 0 Å². The summed E-state index contributed by atoms with van der Waals surface area (Å²) >= 11 is 0. The maximum absolute atomic E-state index is 6.47. The largest absolute Gasteiger partial charge is 0.456 e. The topological polar surface area (TPSA) is 65.0 Å². The molecule has 0 aliphatic carbocycles. The first-order valence-corrected chi connectivity index (χ1v) is 16.6. The zero-order valence-electron chi connectivity index (χ0n) is 26.7. The number of fused-ring (bicyclic) bond motifs is 6. The molecule has 0 saturated carbocycles. The van der Waals surface area contributed by atoms with Crippen molar-refractivity contribution in [2.45, 2.75) is 0 Å². The molecule has 3 heterocycles. The van der Waals surface area contributed by atoms with Crippen LogP contribution in [0.4, 0.5) is 0 Å². The molecule has 0 unspecified atom stereocenters. The predicted octanol–water partition coefficient (Wildman–Crippen LogP) is 12.0. The second-order valence-corrected chi connectivity index (χ2v) is 12.4. The Labute approximate surface area is 287 Å². The van der Waals surface area contributed by atoms with E-state index in [0.29, 0.717) is 17.5 Å². The summed E-state index contributed by atoms with van der Waals surface area (Å²) in [6, 6.07) is 55.6. The van der Waals surface area contributed by atoms with E-state index < -0.39 is 0 Å². The highest BCUT2D eigenvalue weighted by Gasteiger charge is 2.20. The van der Waals surface area contributed by atoms with E-state index in [0.717, 1.165) is 82.8 Å². The Morgan fingerprint density at radius 3 is 1.34 bits per heavy atom. The smallest absolute Gasteiger partial charge is 0.164 e. The molecular weight excluding hydrogens is 615 g/mol. The first-order valence-electron chi connectivity index (χ1n) is 16.6. The molecule has 0 atom stereocenters. The van der Waals surface area contributed by atoms with Gasteiger partial charge in [-0.05, 0) is 52.6 Å². The number of nitrogens with zero attached hydrogens (tertiary/aromatic N) is 3. The second kappa shape index (κ2) is 11.4. The maximum Gasteiger partial charge on any atom is 0.164 e. The van der Waals surface area contributed by atoms with E-state index in [1.54, 1.807) is 0 Å². The molecule has 0 bridgehead atoms. The third-order valence-electron chi connectivity index (χ3n) is 9.35. The van der Waals surface area contributed by atoms with Crippen molar-refractivity contribution < 1.29 is 8.83 Å². The highest BCUT2D eigenvalue weighted by atomic mass is 16.3. The van der Waals surface area contributed by atoms with Gasteiger partial charge in [-0.2, -0.15) is 0 Å². The standard InChI is InChI=1S/C45H27N3O2/c1-4-13-28(14-5-1)32-19-10-23-38-41(32)42-33(20-11-24-39(42)50-38)31-25-26-36-35(27-31)40-34(21-12-22-37(40)49-36)45-47-43(29-15-6-2-7-16-29)46-44(48-45)30-17-8-3-9-18-30/h1-27H. The number of aromatic nitrogens is 3. The second-order valence-electron chi connectivity index (χ2n) is 12.4. The minimum absolute atomic E-state index is 0.590. The van der Waals surface area contributed by atoms with Crippen LogP contribution in [0.3, 0.4) is 0 Å². The van der Waals surface area contributed by atoms with Gasteiger partial charge in [-0.1, -0.05) is 133 Å². The van der Waals surface area contributed by atoms with Gasteiger partial charge in [-0.3, -0.25) is 0 Å². The van der Waals surface area contributed by atoms with E-state index in [9.17, 15) is 0 Å². The van der Waals surface area contributed by atoms with Crippen molar-refractivity contribution in [3.05, 3.63) is 164 Å². The number of furan rings is 2. The lowest BCUT2D eigenvalue weighted by Crippen LogP contribution is -2.00. The summed E-state index contributed by atoms with van der Waals surface area (Å²) in [4.78, 5) is 15.0. The molecule has 0 saturated heterocycles. The highest BCUT2D eigenvalue weighted by Crippen LogP contribution is 2.43. The van der Waals surface area contributed by atoms with Crippen LogP contribution >= 0.6 is 0 Å². The van der Waals surface area contributed by atoms with Crippen LogP contribution in [0.15, 0.2) is 173 Å². The third-order valence-corrected chi connectivity index (χ3v) is 9.35. The lowest BCUT2D eigenvalue weighted by molar-refractivity contribution is 0.669. The molecule has 0 spiro atoms. The van der Waals surface area contributed by atoms with Gasteiger partial charge in [-0.25, -0.2) is 15.0 Å². The molecule has 0 N–H and O–H groups in total. The van der Waals surface area contributed by atoms with Crippen molar-refractivity contribution in [2.24, 2.45) is 0 Å². The summed E-state index contributed by atoms with van der Waals surface area (Å²) in [5.74, 6) is 1.83. The Kier molecular flexibility index (Phi) is 6.42. The van der Waals surface area contributed by atoms with E-state index in [2.05, 4.69) is 72.8 Å². The van der Waals surface area contributed by atoms with Crippen molar-refractivity contribution in [1.82, 2.24) is 15.0 Å². The number of benzene rings is 7. The zero-order chi connectivity index (χ0) is 33.0. The molecule has 5 nitrogen and oxygen atoms in total. The van der Waals surface area contributed by atoms with Crippen LogP contribution < -0.4 is 0 Å². The fourth-order valence-corrected chi connectivity index (χ4v) is 7.08. The Morgan fingerprint density at radius 2 is 0.760 bits per heavy atom. The summed E-state index contributed by atoms with van der Waals surface area (Å²) in [7, 11) is 0. The Hall–Kier alpha value is -6.85. The summed E-state index contributed by atoms with van der Waals surface area (Å²) < 4.78 is 12.9. The van der Waals surface area contributed by atoms with Gasteiger partial charge in [0, 0.05) is 38.2 Å². The SMILES string of the molecule is c1ccc(-c2nc(-c3ccccc3)nc(-c3cccc4oc5ccc(-c6cccc7oc8cccc(-c9ccccc9)c8c67)cc5c34)n2)cc1. The number of rotatable bonds is 5. The predicted molar refractivity (Wildman–Crippen MR) is 202 cm³/mol. The van der Waals surface area contributed by atoms with Gasteiger partial charge in [0.1, 0.15) is 22.3 Å². The maximum atomic E-state index is 6.47. The molecule has 0 fully saturated rings. The van der Waals surface area contributed by atoms with Crippen LogP contribution in [0.25, 0.3) is 100 Å². The van der Waals surface area contributed by atoms with Gasteiger partial charge in [0.25, 0.3) is 0 Å². The molecule has 7 aromatic carbocycles. The fraction of sp³-hybridized carbons (Fsp3) is 0. The molecule has 5 heteroatoms. The van der Waals surface area contributed by atoms with Crippen LogP contribution in [-0.4, -0.2) is 15.0 Å². The van der Waals surface area contributed by atoms with E-state index >= 15 is 0 Å². The molecule has 50 heavy (non-hydrogen) atoms. The minimum atomic E-state index is 0.590. The van der Waals surface area contributed by atoms with Gasteiger partial charge in [-0.15, -0.1) is 0 Å².